The van der Waals surface area contributed by atoms with Crippen LogP contribution in [0.4, 0.5) is 0 Å². The first-order valence-corrected chi connectivity index (χ1v) is 6.12. The van der Waals surface area contributed by atoms with Crippen LogP contribution in [0.15, 0.2) is 30.6 Å². The summed E-state index contributed by atoms with van der Waals surface area (Å²) in [5, 5.41) is 0.973. The molecule has 1 heterocycles. The highest BCUT2D eigenvalue weighted by atomic mass is 32.2. The predicted octanol–water partition coefficient (Wildman–Crippen LogP) is 2.37. The van der Waals surface area contributed by atoms with Gasteiger partial charge in [0.05, 0.1) is 17.5 Å². The fourth-order valence-corrected chi connectivity index (χ4v) is 1.57. The first-order valence-electron chi connectivity index (χ1n) is 4.73. The van der Waals surface area contributed by atoms with Gasteiger partial charge in [-0.1, -0.05) is 12.1 Å². The minimum atomic E-state index is 0.676. The highest BCUT2D eigenvalue weighted by molar-refractivity contribution is 7.98. The Morgan fingerprint density at radius 3 is 3.00 bits per heavy atom. The molecule has 2 rings (SSSR count). The van der Waals surface area contributed by atoms with Crippen molar-refractivity contribution in [2.75, 3.05) is 18.6 Å². The third-order valence-electron chi connectivity index (χ3n) is 2.03. The van der Waals surface area contributed by atoms with Crippen LogP contribution in [0, 0.1) is 0 Å². The van der Waals surface area contributed by atoms with Crippen molar-refractivity contribution in [1.82, 2.24) is 9.97 Å². The van der Waals surface area contributed by atoms with Crippen LogP contribution in [0.1, 0.15) is 0 Å². The Labute approximate surface area is 92.9 Å². The largest absolute Gasteiger partial charge is 0.476 e. The molecule has 0 atom stereocenters. The van der Waals surface area contributed by atoms with Crippen LogP contribution in [-0.2, 0) is 0 Å². The van der Waals surface area contributed by atoms with Gasteiger partial charge in [-0.2, -0.15) is 11.8 Å². The Hall–Kier alpha value is -1.29. The van der Waals surface area contributed by atoms with Crippen molar-refractivity contribution in [3.63, 3.8) is 0 Å². The quantitative estimate of drug-likeness (QED) is 0.741. The summed E-state index contributed by atoms with van der Waals surface area (Å²) in [4.78, 5) is 8.31. The highest BCUT2D eigenvalue weighted by Crippen LogP contribution is 2.20. The summed E-state index contributed by atoms with van der Waals surface area (Å²) in [5.74, 6) is 1.65. The van der Waals surface area contributed by atoms with Gasteiger partial charge < -0.3 is 4.74 Å². The molecule has 0 saturated carbocycles. The highest BCUT2D eigenvalue weighted by Gasteiger charge is 2.02. The van der Waals surface area contributed by atoms with Gasteiger partial charge in [-0.25, -0.2) is 9.97 Å². The van der Waals surface area contributed by atoms with Gasteiger partial charge in [0.15, 0.2) is 0 Å². The van der Waals surface area contributed by atoms with E-state index in [1.165, 1.54) is 6.33 Å². The maximum atomic E-state index is 5.59. The molecule has 0 fully saturated rings. The summed E-state index contributed by atoms with van der Waals surface area (Å²) >= 11 is 1.76. The average molecular weight is 220 g/mol. The third-order valence-corrected chi connectivity index (χ3v) is 2.61. The summed E-state index contributed by atoms with van der Waals surface area (Å²) in [6.07, 6.45) is 3.60. The van der Waals surface area contributed by atoms with Gasteiger partial charge in [0.2, 0.25) is 5.88 Å². The van der Waals surface area contributed by atoms with Crippen molar-refractivity contribution in [2.45, 2.75) is 0 Å². The number of benzene rings is 1. The molecule has 0 N–H and O–H groups in total. The number of rotatable bonds is 4. The van der Waals surface area contributed by atoms with Crippen LogP contribution in [0.25, 0.3) is 10.9 Å². The van der Waals surface area contributed by atoms with Gasteiger partial charge in [-0.3, -0.25) is 0 Å². The Morgan fingerprint density at radius 2 is 2.13 bits per heavy atom. The molecule has 0 aliphatic heterocycles. The molecule has 0 aliphatic carbocycles. The van der Waals surface area contributed by atoms with Crippen molar-refractivity contribution in [2.24, 2.45) is 0 Å². The maximum absolute atomic E-state index is 5.59. The number of aromatic nitrogens is 2. The van der Waals surface area contributed by atoms with Gasteiger partial charge >= 0.3 is 0 Å². The van der Waals surface area contributed by atoms with Crippen LogP contribution in [0.3, 0.4) is 0 Å². The van der Waals surface area contributed by atoms with Gasteiger partial charge in [-0.05, 0) is 18.4 Å². The summed E-state index contributed by atoms with van der Waals surface area (Å²) in [7, 11) is 0. The fraction of sp³-hybridized carbons (Fsp3) is 0.273. The zero-order valence-electron chi connectivity index (χ0n) is 8.51. The number of hydrogen-bond acceptors (Lipinski definition) is 4. The van der Waals surface area contributed by atoms with Gasteiger partial charge in [0, 0.05) is 5.75 Å². The number of hydrogen-bond donors (Lipinski definition) is 0. The van der Waals surface area contributed by atoms with E-state index in [0.29, 0.717) is 12.5 Å². The average Bonchev–Trinajstić information content (AvgIpc) is 2.30. The Balaban J connectivity index is 2.26. The molecule has 0 aliphatic rings. The molecule has 3 nitrogen and oxygen atoms in total. The van der Waals surface area contributed by atoms with Gasteiger partial charge in [0.1, 0.15) is 6.33 Å². The number of ether oxygens (including phenoxy) is 1. The smallest absolute Gasteiger partial charge is 0.224 e. The predicted molar refractivity (Wildman–Crippen MR) is 63.4 cm³/mol. The van der Waals surface area contributed by atoms with E-state index in [1.54, 1.807) is 11.8 Å². The lowest BCUT2D eigenvalue weighted by Gasteiger charge is -2.06. The minimum Gasteiger partial charge on any atom is -0.476 e. The van der Waals surface area contributed by atoms with Crippen molar-refractivity contribution in [3.05, 3.63) is 30.6 Å². The van der Waals surface area contributed by atoms with E-state index in [2.05, 4.69) is 16.2 Å². The minimum absolute atomic E-state index is 0.676. The van der Waals surface area contributed by atoms with Crippen molar-refractivity contribution < 1.29 is 4.74 Å². The molecule has 4 heteroatoms. The lowest BCUT2D eigenvalue weighted by molar-refractivity contribution is 0.334. The van der Waals surface area contributed by atoms with Gasteiger partial charge in [0.25, 0.3) is 0 Å². The topological polar surface area (TPSA) is 35.0 Å². The number of fused-ring (bicyclic) bond motifs is 1. The lowest BCUT2D eigenvalue weighted by Crippen LogP contribution is -2.02. The molecule has 0 amide bonds. The molecule has 2 aromatic rings. The first kappa shape index (κ1) is 10.2. The SMILES string of the molecule is CSCCOc1ncnc2ccccc12. The van der Waals surface area contributed by atoms with Crippen LogP contribution >= 0.6 is 11.8 Å². The monoisotopic (exact) mass is 220 g/mol. The Kier molecular flexibility index (Phi) is 3.40. The molecule has 0 spiro atoms. The molecule has 78 valence electrons. The second kappa shape index (κ2) is 4.98. The van der Waals surface area contributed by atoms with Gasteiger partial charge in [-0.15, -0.1) is 0 Å². The number of thioether (sulfide) groups is 1. The fourth-order valence-electron chi connectivity index (χ4n) is 1.32. The van der Waals surface area contributed by atoms with E-state index >= 15 is 0 Å². The second-order valence-corrected chi connectivity index (χ2v) is 4.02. The molecule has 0 saturated heterocycles. The van der Waals surface area contributed by atoms with E-state index in [1.807, 2.05) is 24.3 Å². The van der Waals surface area contributed by atoms with E-state index in [-0.39, 0.29) is 0 Å². The van der Waals surface area contributed by atoms with Crippen LogP contribution in [-0.4, -0.2) is 28.6 Å². The first-order chi connectivity index (χ1) is 7.42. The third kappa shape index (κ3) is 2.39. The van der Waals surface area contributed by atoms with Crippen molar-refractivity contribution in [1.29, 1.82) is 0 Å². The summed E-state index contributed by atoms with van der Waals surface area (Å²) in [5.41, 5.74) is 0.923. The van der Waals surface area contributed by atoms with Crippen LogP contribution in [0.2, 0.25) is 0 Å². The molecular weight excluding hydrogens is 208 g/mol. The number of nitrogens with zero attached hydrogens (tertiary/aromatic N) is 2. The lowest BCUT2D eigenvalue weighted by atomic mass is 10.2. The summed E-state index contributed by atoms with van der Waals surface area (Å²) in [6.45, 7) is 0.683. The van der Waals surface area contributed by atoms with Crippen molar-refractivity contribution >= 4 is 22.7 Å². The summed E-state index contributed by atoms with van der Waals surface area (Å²) in [6, 6.07) is 7.86. The molecule has 1 aromatic carbocycles. The zero-order chi connectivity index (χ0) is 10.5. The summed E-state index contributed by atoms with van der Waals surface area (Å²) < 4.78 is 5.59. The zero-order valence-corrected chi connectivity index (χ0v) is 9.33. The maximum Gasteiger partial charge on any atom is 0.224 e. The molecule has 1 aromatic heterocycles. The van der Waals surface area contributed by atoms with Crippen LogP contribution in [0.5, 0.6) is 5.88 Å². The van der Waals surface area contributed by atoms with E-state index < -0.39 is 0 Å². The standard InChI is InChI=1S/C11H12N2OS/c1-15-7-6-14-11-9-4-2-3-5-10(9)12-8-13-11/h2-5,8H,6-7H2,1H3. The number of para-hydroxylation sites is 1. The second-order valence-electron chi connectivity index (χ2n) is 3.04. The molecule has 0 radical (unpaired) electrons. The normalized spacial score (nSPS) is 10.5. The van der Waals surface area contributed by atoms with Crippen molar-refractivity contribution in [3.8, 4) is 5.88 Å². The van der Waals surface area contributed by atoms with E-state index in [9.17, 15) is 0 Å². The van der Waals surface area contributed by atoms with E-state index in [4.69, 9.17) is 4.74 Å². The molecule has 0 bridgehead atoms. The Morgan fingerprint density at radius 1 is 1.27 bits per heavy atom. The molecule has 0 unspecified atom stereocenters. The molecule has 15 heavy (non-hydrogen) atoms. The van der Waals surface area contributed by atoms with E-state index in [0.717, 1.165) is 16.7 Å². The molecular formula is C11H12N2OS. The Bertz CT molecular complexity index is 442. The van der Waals surface area contributed by atoms with Crippen LogP contribution < -0.4 is 4.74 Å².